The van der Waals surface area contributed by atoms with E-state index in [0.29, 0.717) is 32.1 Å². The number of ether oxygens (including phenoxy) is 2. The summed E-state index contributed by atoms with van der Waals surface area (Å²) in [5.41, 5.74) is 2.16. The molecule has 1 saturated carbocycles. The van der Waals surface area contributed by atoms with Crippen LogP contribution >= 0.6 is 0 Å². The Kier molecular flexibility index (Phi) is 4.83. The zero-order valence-corrected chi connectivity index (χ0v) is 15.2. The average Bonchev–Trinajstić information content (AvgIpc) is 3.52. The van der Waals surface area contributed by atoms with Crippen LogP contribution in [-0.4, -0.2) is 25.7 Å². The van der Waals surface area contributed by atoms with Crippen LogP contribution in [0.15, 0.2) is 48.5 Å². The minimum atomic E-state index is 0.186. The van der Waals surface area contributed by atoms with Crippen LogP contribution in [0.1, 0.15) is 37.7 Å². The summed E-state index contributed by atoms with van der Waals surface area (Å²) in [6, 6.07) is 16.1. The number of hydrogen-bond donors (Lipinski definition) is 0. The molecule has 2 aromatic rings. The molecule has 1 aliphatic heterocycles. The second-order valence-electron chi connectivity index (χ2n) is 7.02. The topological polar surface area (TPSA) is 38.8 Å². The Balaban J connectivity index is 1.55. The van der Waals surface area contributed by atoms with Crippen LogP contribution < -0.4 is 14.4 Å². The molecule has 26 heavy (non-hydrogen) atoms. The minimum Gasteiger partial charge on any atom is -0.486 e. The lowest BCUT2D eigenvalue weighted by atomic mass is 9.90. The third kappa shape index (κ3) is 3.55. The highest BCUT2D eigenvalue weighted by Gasteiger charge is 2.35. The van der Waals surface area contributed by atoms with Gasteiger partial charge in [-0.3, -0.25) is 4.79 Å². The van der Waals surface area contributed by atoms with Crippen LogP contribution in [0.3, 0.4) is 0 Å². The number of fused-ring (bicyclic) bond motifs is 1. The number of nitrogens with zero attached hydrogens (tertiary/aromatic N) is 1. The Hall–Kier alpha value is -2.49. The molecule has 0 spiro atoms. The molecule has 1 unspecified atom stereocenters. The van der Waals surface area contributed by atoms with Gasteiger partial charge in [-0.05, 0) is 61.4 Å². The molecule has 1 amide bonds. The zero-order chi connectivity index (χ0) is 17.9. The first-order valence-electron chi connectivity index (χ1n) is 9.51. The Labute approximate surface area is 154 Å². The van der Waals surface area contributed by atoms with Gasteiger partial charge >= 0.3 is 0 Å². The molecule has 4 heteroatoms. The molecule has 2 aliphatic rings. The Morgan fingerprint density at radius 3 is 2.50 bits per heavy atom. The van der Waals surface area contributed by atoms with E-state index in [1.54, 1.807) is 0 Å². The molecule has 4 rings (SSSR count). The monoisotopic (exact) mass is 351 g/mol. The third-order valence-electron chi connectivity index (χ3n) is 5.27. The van der Waals surface area contributed by atoms with E-state index in [0.717, 1.165) is 17.2 Å². The summed E-state index contributed by atoms with van der Waals surface area (Å²) >= 11 is 0. The van der Waals surface area contributed by atoms with Gasteiger partial charge in [0.15, 0.2) is 11.5 Å². The van der Waals surface area contributed by atoms with Gasteiger partial charge < -0.3 is 14.4 Å². The average molecular weight is 351 g/mol. The molecule has 1 fully saturated rings. The fraction of sp³-hybridized carbons (Fsp3) is 0.409. The van der Waals surface area contributed by atoms with Gasteiger partial charge in [-0.15, -0.1) is 0 Å². The maximum Gasteiger partial charge on any atom is 0.227 e. The van der Waals surface area contributed by atoms with Crippen molar-refractivity contribution in [2.45, 2.75) is 32.1 Å². The lowest BCUT2D eigenvalue weighted by Crippen LogP contribution is -2.32. The summed E-state index contributed by atoms with van der Waals surface area (Å²) in [4.78, 5) is 14.9. The number of para-hydroxylation sites is 1. The quantitative estimate of drug-likeness (QED) is 0.774. The van der Waals surface area contributed by atoms with Gasteiger partial charge in [-0.1, -0.05) is 24.3 Å². The van der Waals surface area contributed by atoms with Crippen molar-refractivity contribution >= 4 is 11.6 Å². The van der Waals surface area contributed by atoms with Crippen molar-refractivity contribution in [3.05, 3.63) is 54.1 Å². The van der Waals surface area contributed by atoms with Gasteiger partial charge in [0.1, 0.15) is 13.2 Å². The SMILES string of the molecule is CCN(C(=O)CC(c1ccc2c(c1)OCCO2)C1CC1)c1ccccc1. The van der Waals surface area contributed by atoms with Crippen LogP contribution in [0, 0.1) is 5.92 Å². The van der Waals surface area contributed by atoms with Gasteiger partial charge in [0.2, 0.25) is 5.91 Å². The Morgan fingerprint density at radius 1 is 1.08 bits per heavy atom. The highest BCUT2D eigenvalue weighted by atomic mass is 16.6. The van der Waals surface area contributed by atoms with E-state index in [-0.39, 0.29) is 11.8 Å². The smallest absolute Gasteiger partial charge is 0.227 e. The molecule has 0 bridgehead atoms. The summed E-state index contributed by atoms with van der Waals surface area (Å²) < 4.78 is 11.4. The number of rotatable bonds is 6. The van der Waals surface area contributed by atoms with Crippen molar-refractivity contribution in [3.8, 4) is 11.5 Å². The maximum absolute atomic E-state index is 13.0. The maximum atomic E-state index is 13.0. The van der Waals surface area contributed by atoms with Crippen LogP contribution in [0.4, 0.5) is 5.69 Å². The molecule has 0 saturated heterocycles. The van der Waals surface area contributed by atoms with Crippen LogP contribution in [0.25, 0.3) is 0 Å². The van der Waals surface area contributed by atoms with Gasteiger partial charge in [0, 0.05) is 18.7 Å². The summed E-state index contributed by atoms with van der Waals surface area (Å²) in [6.07, 6.45) is 2.93. The number of hydrogen-bond acceptors (Lipinski definition) is 3. The first-order chi connectivity index (χ1) is 12.8. The molecular formula is C22H25NO3. The van der Waals surface area contributed by atoms with Gasteiger partial charge in [0.05, 0.1) is 0 Å². The first kappa shape index (κ1) is 17.0. The van der Waals surface area contributed by atoms with E-state index in [1.807, 2.05) is 48.2 Å². The van der Waals surface area contributed by atoms with Crippen molar-refractivity contribution in [3.63, 3.8) is 0 Å². The molecular weight excluding hydrogens is 326 g/mol. The van der Waals surface area contributed by atoms with Crippen molar-refractivity contribution in [1.82, 2.24) is 0 Å². The zero-order valence-electron chi connectivity index (χ0n) is 15.2. The summed E-state index contributed by atoms with van der Waals surface area (Å²) in [7, 11) is 0. The lowest BCUT2D eigenvalue weighted by molar-refractivity contribution is -0.119. The standard InChI is InChI=1S/C22H25NO3/c1-2-23(18-6-4-3-5-7-18)22(24)15-19(16-8-9-16)17-10-11-20-21(14-17)26-13-12-25-20/h3-7,10-11,14,16,19H,2,8-9,12-13,15H2,1H3. The van der Waals surface area contributed by atoms with Gasteiger partial charge in [0.25, 0.3) is 0 Å². The van der Waals surface area contributed by atoms with E-state index < -0.39 is 0 Å². The molecule has 136 valence electrons. The third-order valence-corrected chi connectivity index (χ3v) is 5.27. The molecule has 0 N–H and O–H groups in total. The van der Waals surface area contributed by atoms with Crippen molar-refractivity contribution in [2.75, 3.05) is 24.7 Å². The second kappa shape index (κ2) is 7.40. The van der Waals surface area contributed by atoms with E-state index in [1.165, 1.54) is 18.4 Å². The van der Waals surface area contributed by atoms with Crippen molar-refractivity contribution in [2.24, 2.45) is 5.92 Å². The predicted octanol–water partition coefficient (Wildman–Crippen LogP) is 4.39. The summed E-state index contributed by atoms with van der Waals surface area (Å²) in [6.45, 7) is 3.89. The molecule has 1 heterocycles. The lowest BCUT2D eigenvalue weighted by Gasteiger charge is -2.25. The fourth-order valence-corrected chi connectivity index (χ4v) is 3.76. The van der Waals surface area contributed by atoms with E-state index in [4.69, 9.17) is 9.47 Å². The van der Waals surface area contributed by atoms with Crippen molar-refractivity contribution < 1.29 is 14.3 Å². The van der Waals surface area contributed by atoms with Gasteiger partial charge in [-0.25, -0.2) is 0 Å². The van der Waals surface area contributed by atoms with Crippen LogP contribution in [0.5, 0.6) is 11.5 Å². The Bertz CT molecular complexity index is 770. The number of benzene rings is 2. The molecule has 1 aliphatic carbocycles. The largest absolute Gasteiger partial charge is 0.486 e. The van der Waals surface area contributed by atoms with E-state index in [2.05, 4.69) is 12.1 Å². The van der Waals surface area contributed by atoms with E-state index >= 15 is 0 Å². The molecule has 0 radical (unpaired) electrons. The molecule has 2 aromatic carbocycles. The fourth-order valence-electron chi connectivity index (χ4n) is 3.76. The number of carbonyl (C=O) groups excluding carboxylic acids is 1. The highest BCUT2D eigenvalue weighted by Crippen LogP contribution is 2.46. The number of carbonyl (C=O) groups is 1. The first-order valence-corrected chi connectivity index (χ1v) is 9.51. The normalized spacial score (nSPS) is 16.8. The molecule has 0 aromatic heterocycles. The Morgan fingerprint density at radius 2 is 1.81 bits per heavy atom. The predicted molar refractivity (Wildman–Crippen MR) is 102 cm³/mol. The number of anilines is 1. The van der Waals surface area contributed by atoms with E-state index in [9.17, 15) is 4.79 Å². The van der Waals surface area contributed by atoms with Crippen molar-refractivity contribution in [1.29, 1.82) is 0 Å². The molecule has 4 nitrogen and oxygen atoms in total. The van der Waals surface area contributed by atoms with Crippen LogP contribution in [0.2, 0.25) is 0 Å². The number of amides is 1. The molecule has 1 atom stereocenters. The summed E-state index contributed by atoms with van der Waals surface area (Å²) in [5.74, 6) is 2.64. The summed E-state index contributed by atoms with van der Waals surface area (Å²) in [5, 5.41) is 0. The van der Waals surface area contributed by atoms with Crippen LogP contribution in [-0.2, 0) is 4.79 Å². The van der Waals surface area contributed by atoms with Gasteiger partial charge in [-0.2, -0.15) is 0 Å². The minimum absolute atomic E-state index is 0.186. The second-order valence-corrected chi connectivity index (χ2v) is 7.02. The highest BCUT2D eigenvalue weighted by molar-refractivity contribution is 5.93.